The highest BCUT2D eigenvalue weighted by Gasteiger charge is 2.30. The van der Waals surface area contributed by atoms with Crippen LogP contribution in [0.4, 0.5) is 0 Å². The third-order valence-electron chi connectivity index (χ3n) is 4.28. The van der Waals surface area contributed by atoms with Crippen molar-refractivity contribution < 1.29 is 14.7 Å². The highest BCUT2D eigenvalue weighted by atomic mass is 32.1. The minimum Gasteiger partial charge on any atom is -0.391 e. The van der Waals surface area contributed by atoms with Gasteiger partial charge in [-0.3, -0.25) is 9.59 Å². The van der Waals surface area contributed by atoms with Crippen LogP contribution in [0.5, 0.6) is 0 Å². The lowest BCUT2D eigenvalue weighted by Gasteiger charge is -2.32. The molecule has 0 aromatic carbocycles. The maximum absolute atomic E-state index is 12.4. The normalized spacial score (nSPS) is 20.2. The van der Waals surface area contributed by atoms with E-state index in [4.69, 9.17) is 0 Å². The Morgan fingerprint density at radius 2 is 2.22 bits per heavy atom. The summed E-state index contributed by atoms with van der Waals surface area (Å²) in [5, 5.41) is 14.7. The molecule has 0 saturated carbocycles. The van der Waals surface area contributed by atoms with E-state index in [9.17, 15) is 14.7 Å². The Hall–Kier alpha value is -1.40. The lowest BCUT2D eigenvalue weighted by molar-refractivity contribution is -0.127. The lowest BCUT2D eigenvalue weighted by Crippen LogP contribution is -2.47. The van der Waals surface area contributed by atoms with E-state index in [1.54, 1.807) is 4.90 Å². The van der Waals surface area contributed by atoms with E-state index in [-0.39, 0.29) is 29.7 Å². The quantitative estimate of drug-likeness (QED) is 0.883. The van der Waals surface area contributed by atoms with Crippen LogP contribution in [-0.4, -0.2) is 47.6 Å². The van der Waals surface area contributed by atoms with Gasteiger partial charge in [0.05, 0.1) is 16.9 Å². The number of piperidine rings is 1. The molecule has 2 amide bonds. The molecular formula is C17H26N2O3S. The first kappa shape index (κ1) is 17.9. The average Bonchev–Trinajstić information content (AvgIpc) is 3.05. The molecule has 1 aromatic heterocycles. The topological polar surface area (TPSA) is 69.6 Å². The van der Waals surface area contributed by atoms with Crippen LogP contribution in [0, 0.1) is 11.3 Å². The van der Waals surface area contributed by atoms with Gasteiger partial charge < -0.3 is 15.3 Å². The zero-order chi connectivity index (χ0) is 17.0. The van der Waals surface area contributed by atoms with Crippen molar-refractivity contribution in [2.75, 3.05) is 19.6 Å². The summed E-state index contributed by atoms with van der Waals surface area (Å²) in [6.45, 7) is 7.21. The van der Waals surface area contributed by atoms with Crippen molar-refractivity contribution in [3.8, 4) is 0 Å². The SMILES string of the molecule is CC(C)(C)C(O)CNC(=O)C1CCCN(C(=O)c2cccs2)C1. The molecule has 128 valence electrons. The van der Waals surface area contributed by atoms with Gasteiger partial charge in [-0.15, -0.1) is 11.3 Å². The lowest BCUT2D eigenvalue weighted by atomic mass is 9.89. The Labute approximate surface area is 141 Å². The van der Waals surface area contributed by atoms with E-state index in [0.717, 1.165) is 12.8 Å². The second-order valence-corrected chi connectivity index (χ2v) is 8.14. The van der Waals surface area contributed by atoms with Crippen molar-refractivity contribution in [2.24, 2.45) is 11.3 Å². The van der Waals surface area contributed by atoms with Crippen molar-refractivity contribution >= 4 is 23.2 Å². The van der Waals surface area contributed by atoms with Gasteiger partial charge in [0.1, 0.15) is 0 Å². The van der Waals surface area contributed by atoms with Crippen molar-refractivity contribution in [2.45, 2.75) is 39.7 Å². The minimum atomic E-state index is -0.584. The summed E-state index contributed by atoms with van der Waals surface area (Å²) in [4.78, 5) is 27.2. The fourth-order valence-corrected chi connectivity index (χ4v) is 3.27. The van der Waals surface area contributed by atoms with E-state index in [0.29, 0.717) is 18.0 Å². The number of likely N-dealkylation sites (tertiary alicyclic amines) is 1. The van der Waals surface area contributed by atoms with Crippen LogP contribution in [0.25, 0.3) is 0 Å². The molecule has 0 radical (unpaired) electrons. The Kier molecular flexibility index (Phi) is 5.81. The van der Waals surface area contributed by atoms with Crippen LogP contribution >= 0.6 is 11.3 Å². The Balaban J connectivity index is 1.88. The predicted octanol–water partition coefficient (Wildman–Crippen LogP) is 2.12. The van der Waals surface area contributed by atoms with Crippen LogP contribution in [0.15, 0.2) is 17.5 Å². The van der Waals surface area contributed by atoms with E-state index in [1.165, 1.54) is 11.3 Å². The van der Waals surface area contributed by atoms with Gasteiger partial charge in [-0.25, -0.2) is 0 Å². The first-order valence-corrected chi connectivity index (χ1v) is 8.95. The third kappa shape index (κ3) is 4.78. The number of aliphatic hydroxyl groups is 1. The standard InChI is InChI=1S/C17H26N2O3S/c1-17(2,3)14(20)10-18-15(21)12-6-4-8-19(11-12)16(22)13-7-5-9-23-13/h5,7,9,12,14,20H,4,6,8,10-11H2,1-3H3,(H,18,21). The van der Waals surface area contributed by atoms with Crippen molar-refractivity contribution in [3.63, 3.8) is 0 Å². The van der Waals surface area contributed by atoms with Gasteiger partial charge >= 0.3 is 0 Å². The fourth-order valence-electron chi connectivity index (χ4n) is 2.58. The largest absolute Gasteiger partial charge is 0.391 e. The molecule has 2 atom stereocenters. The maximum atomic E-state index is 12.4. The van der Waals surface area contributed by atoms with Crippen molar-refractivity contribution in [3.05, 3.63) is 22.4 Å². The molecule has 1 aliphatic rings. The summed E-state index contributed by atoms with van der Waals surface area (Å²) >= 11 is 1.43. The number of nitrogens with zero attached hydrogens (tertiary/aromatic N) is 1. The Morgan fingerprint density at radius 3 is 2.83 bits per heavy atom. The van der Waals surface area contributed by atoms with Gasteiger partial charge in [-0.2, -0.15) is 0 Å². The van der Waals surface area contributed by atoms with Crippen LogP contribution in [-0.2, 0) is 4.79 Å². The second-order valence-electron chi connectivity index (χ2n) is 7.19. The molecule has 0 aliphatic carbocycles. The molecule has 2 unspecified atom stereocenters. The number of hydrogen-bond acceptors (Lipinski definition) is 4. The number of thiophene rings is 1. The molecule has 0 spiro atoms. The zero-order valence-corrected chi connectivity index (χ0v) is 14.9. The summed E-state index contributed by atoms with van der Waals surface area (Å²) in [7, 11) is 0. The van der Waals surface area contributed by atoms with E-state index in [1.807, 2.05) is 38.3 Å². The van der Waals surface area contributed by atoms with Gasteiger partial charge in [0.25, 0.3) is 5.91 Å². The van der Waals surface area contributed by atoms with Crippen LogP contribution in [0.3, 0.4) is 0 Å². The van der Waals surface area contributed by atoms with Gasteiger partial charge in [0.15, 0.2) is 0 Å². The molecule has 2 rings (SSSR count). The van der Waals surface area contributed by atoms with Gasteiger partial charge in [0, 0.05) is 19.6 Å². The fraction of sp³-hybridized carbons (Fsp3) is 0.647. The average molecular weight is 338 g/mol. The Morgan fingerprint density at radius 1 is 1.48 bits per heavy atom. The predicted molar refractivity (Wildman–Crippen MR) is 91.4 cm³/mol. The molecule has 23 heavy (non-hydrogen) atoms. The molecule has 0 bridgehead atoms. The van der Waals surface area contributed by atoms with Gasteiger partial charge in [-0.1, -0.05) is 26.8 Å². The zero-order valence-electron chi connectivity index (χ0n) is 14.0. The first-order valence-electron chi connectivity index (χ1n) is 8.07. The summed E-state index contributed by atoms with van der Waals surface area (Å²) in [5.41, 5.74) is -0.263. The highest BCUT2D eigenvalue weighted by molar-refractivity contribution is 7.12. The van der Waals surface area contributed by atoms with Crippen LogP contribution in [0.1, 0.15) is 43.3 Å². The number of nitrogens with one attached hydrogen (secondary N) is 1. The van der Waals surface area contributed by atoms with Gasteiger partial charge in [-0.05, 0) is 29.7 Å². The molecule has 1 aliphatic heterocycles. The number of carbonyl (C=O) groups is 2. The Bertz CT molecular complexity index is 537. The molecule has 2 heterocycles. The molecular weight excluding hydrogens is 312 g/mol. The number of carbonyl (C=O) groups excluding carboxylic acids is 2. The van der Waals surface area contributed by atoms with Gasteiger partial charge in [0.2, 0.25) is 5.91 Å². The molecule has 5 nitrogen and oxygen atoms in total. The number of rotatable bonds is 4. The highest BCUT2D eigenvalue weighted by Crippen LogP contribution is 2.21. The van der Waals surface area contributed by atoms with E-state index >= 15 is 0 Å². The van der Waals surface area contributed by atoms with E-state index < -0.39 is 6.10 Å². The van der Waals surface area contributed by atoms with Crippen molar-refractivity contribution in [1.82, 2.24) is 10.2 Å². The van der Waals surface area contributed by atoms with Crippen LogP contribution < -0.4 is 5.32 Å². The van der Waals surface area contributed by atoms with Crippen LogP contribution in [0.2, 0.25) is 0 Å². The smallest absolute Gasteiger partial charge is 0.263 e. The molecule has 1 saturated heterocycles. The maximum Gasteiger partial charge on any atom is 0.263 e. The van der Waals surface area contributed by atoms with Crippen molar-refractivity contribution in [1.29, 1.82) is 0 Å². The third-order valence-corrected chi connectivity index (χ3v) is 5.14. The molecule has 1 aromatic rings. The summed E-state index contributed by atoms with van der Waals surface area (Å²) in [6, 6.07) is 3.68. The molecule has 2 N–H and O–H groups in total. The summed E-state index contributed by atoms with van der Waals surface area (Å²) in [5.74, 6) is -0.260. The second kappa shape index (κ2) is 7.45. The summed E-state index contributed by atoms with van der Waals surface area (Å²) in [6.07, 6.45) is 1.03. The first-order chi connectivity index (χ1) is 10.8. The molecule has 1 fully saturated rings. The molecule has 6 heteroatoms. The minimum absolute atomic E-state index is 0.00669. The number of amides is 2. The summed E-state index contributed by atoms with van der Waals surface area (Å²) < 4.78 is 0. The number of aliphatic hydroxyl groups excluding tert-OH is 1. The monoisotopic (exact) mass is 338 g/mol. The van der Waals surface area contributed by atoms with E-state index in [2.05, 4.69) is 5.32 Å². The number of hydrogen-bond donors (Lipinski definition) is 2.